The Bertz CT molecular complexity index is 130. The van der Waals surface area contributed by atoms with Crippen LogP contribution in [0.1, 0.15) is 26.2 Å². The van der Waals surface area contributed by atoms with Crippen molar-refractivity contribution in [2.24, 2.45) is 5.92 Å². The van der Waals surface area contributed by atoms with Gasteiger partial charge in [0, 0.05) is 19.7 Å². The molecule has 0 unspecified atom stereocenters. The first-order chi connectivity index (χ1) is 6.86. The fourth-order valence-electron chi connectivity index (χ4n) is 1.93. The first kappa shape index (κ1) is 12.0. The highest BCUT2D eigenvalue weighted by Gasteiger charge is 2.12. The molecule has 1 fully saturated rings. The molecule has 1 atom stereocenters. The molecule has 1 saturated heterocycles. The Kier molecular flexibility index (Phi) is 6.15. The molecule has 1 aliphatic rings. The van der Waals surface area contributed by atoms with E-state index in [-0.39, 0.29) is 0 Å². The number of nitrogens with zero attached hydrogens (tertiary/aromatic N) is 1. The number of ether oxygens (including phenoxy) is 1. The first-order valence-electron chi connectivity index (χ1n) is 5.77. The second-order valence-corrected chi connectivity index (χ2v) is 4.03. The second kappa shape index (κ2) is 7.21. The summed E-state index contributed by atoms with van der Waals surface area (Å²) >= 11 is 0. The summed E-state index contributed by atoms with van der Waals surface area (Å²) in [5.41, 5.74) is 0. The van der Waals surface area contributed by atoms with Crippen LogP contribution in [0.5, 0.6) is 0 Å². The predicted molar refractivity (Wildman–Crippen MR) is 57.4 cm³/mol. The highest BCUT2D eigenvalue weighted by Crippen LogP contribution is 2.13. The van der Waals surface area contributed by atoms with E-state index in [0.717, 1.165) is 32.7 Å². The molecule has 0 aromatic carbocycles. The van der Waals surface area contributed by atoms with Crippen LogP contribution >= 0.6 is 0 Å². The minimum absolute atomic E-state index is 0.335. The monoisotopic (exact) mass is 201 g/mol. The third kappa shape index (κ3) is 4.40. The van der Waals surface area contributed by atoms with Crippen LogP contribution in [-0.2, 0) is 4.74 Å². The van der Waals surface area contributed by atoms with Gasteiger partial charge in [0.05, 0.1) is 13.2 Å². The van der Waals surface area contributed by atoms with Crippen molar-refractivity contribution in [2.75, 3.05) is 39.5 Å². The van der Waals surface area contributed by atoms with Gasteiger partial charge in [-0.3, -0.25) is 4.90 Å². The summed E-state index contributed by atoms with van der Waals surface area (Å²) in [7, 11) is 0. The number of hydrogen-bond acceptors (Lipinski definition) is 3. The molecule has 14 heavy (non-hydrogen) atoms. The molecule has 1 heterocycles. The molecule has 0 amide bonds. The Morgan fingerprint density at radius 3 is 2.57 bits per heavy atom. The third-order valence-electron chi connectivity index (χ3n) is 3.07. The van der Waals surface area contributed by atoms with Gasteiger partial charge in [-0.2, -0.15) is 0 Å². The van der Waals surface area contributed by atoms with E-state index in [1.807, 2.05) is 0 Å². The van der Waals surface area contributed by atoms with Crippen LogP contribution in [0.3, 0.4) is 0 Å². The molecule has 0 radical (unpaired) electrons. The lowest BCUT2D eigenvalue weighted by atomic mass is 9.98. The average molecular weight is 201 g/mol. The van der Waals surface area contributed by atoms with Crippen LogP contribution in [0, 0.1) is 5.92 Å². The Labute approximate surface area is 87.1 Å². The summed E-state index contributed by atoms with van der Waals surface area (Å²) in [6.45, 7) is 7.64. The summed E-state index contributed by atoms with van der Waals surface area (Å²) in [6.07, 6.45) is 3.36. The summed E-state index contributed by atoms with van der Waals surface area (Å²) in [5, 5.41) is 8.87. The van der Waals surface area contributed by atoms with Gasteiger partial charge in [-0.25, -0.2) is 0 Å². The number of rotatable bonds is 6. The van der Waals surface area contributed by atoms with Crippen molar-refractivity contribution < 1.29 is 9.84 Å². The van der Waals surface area contributed by atoms with E-state index < -0.39 is 0 Å². The highest BCUT2D eigenvalue weighted by atomic mass is 16.5. The van der Waals surface area contributed by atoms with Gasteiger partial charge >= 0.3 is 0 Å². The van der Waals surface area contributed by atoms with E-state index in [4.69, 9.17) is 9.84 Å². The largest absolute Gasteiger partial charge is 0.396 e. The van der Waals surface area contributed by atoms with Crippen LogP contribution < -0.4 is 0 Å². The van der Waals surface area contributed by atoms with E-state index in [1.54, 1.807) is 0 Å². The smallest absolute Gasteiger partial charge is 0.0594 e. The molecular weight excluding hydrogens is 178 g/mol. The Morgan fingerprint density at radius 1 is 1.29 bits per heavy atom. The summed E-state index contributed by atoms with van der Waals surface area (Å²) in [6, 6.07) is 0. The van der Waals surface area contributed by atoms with Gasteiger partial charge in [-0.1, -0.05) is 13.3 Å². The van der Waals surface area contributed by atoms with E-state index in [9.17, 15) is 0 Å². The lowest BCUT2D eigenvalue weighted by Crippen LogP contribution is -2.37. The third-order valence-corrected chi connectivity index (χ3v) is 3.07. The van der Waals surface area contributed by atoms with Crippen molar-refractivity contribution in [3.63, 3.8) is 0 Å². The van der Waals surface area contributed by atoms with Gasteiger partial charge in [0.1, 0.15) is 0 Å². The second-order valence-electron chi connectivity index (χ2n) is 4.03. The number of hydrogen-bond donors (Lipinski definition) is 1. The Balaban J connectivity index is 2.10. The molecule has 0 aromatic heterocycles. The molecule has 3 nitrogen and oxygen atoms in total. The summed E-state index contributed by atoms with van der Waals surface area (Å²) < 4.78 is 5.30. The molecule has 0 aromatic rings. The van der Waals surface area contributed by atoms with E-state index >= 15 is 0 Å². The summed E-state index contributed by atoms with van der Waals surface area (Å²) in [5.74, 6) is 0.697. The molecule has 1 rings (SSSR count). The maximum Gasteiger partial charge on any atom is 0.0594 e. The molecule has 84 valence electrons. The average Bonchev–Trinajstić information content (AvgIpc) is 2.25. The normalized spacial score (nSPS) is 21.0. The fraction of sp³-hybridized carbons (Fsp3) is 1.00. The van der Waals surface area contributed by atoms with E-state index in [0.29, 0.717) is 12.5 Å². The quantitative estimate of drug-likeness (QED) is 0.699. The number of aliphatic hydroxyl groups is 1. The summed E-state index contributed by atoms with van der Waals surface area (Å²) in [4.78, 5) is 2.46. The standard InChI is InChI=1S/C11H23NO2/c1-2-11(4-8-13)3-5-12-6-9-14-10-7-12/h11,13H,2-10H2,1H3/t11-/m1/s1. The van der Waals surface area contributed by atoms with Crippen molar-refractivity contribution in [2.45, 2.75) is 26.2 Å². The van der Waals surface area contributed by atoms with Crippen LogP contribution in [-0.4, -0.2) is 49.5 Å². The van der Waals surface area contributed by atoms with Crippen LogP contribution in [0.2, 0.25) is 0 Å². The van der Waals surface area contributed by atoms with Crippen molar-refractivity contribution in [3.05, 3.63) is 0 Å². The zero-order valence-corrected chi connectivity index (χ0v) is 9.24. The molecule has 0 aliphatic carbocycles. The lowest BCUT2D eigenvalue weighted by molar-refractivity contribution is 0.0347. The van der Waals surface area contributed by atoms with Crippen LogP contribution in [0.4, 0.5) is 0 Å². The fourth-order valence-corrected chi connectivity index (χ4v) is 1.93. The van der Waals surface area contributed by atoms with E-state index in [1.165, 1.54) is 19.4 Å². The van der Waals surface area contributed by atoms with Crippen molar-refractivity contribution >= 4 is 0 Å². The Hall–Kier alpha value is -0.120. The maximum absolute atomic E-state index is 8.87. The van der Waals surface area contributed by atoms with Crippen molar-refractivity contribution in [1.82, 2.24) is 4.90 Å². The zero-order chi connectivity index (χ0) is 10.2. The Morgan fingerprint density at radius 2 is 2.00 bits per heavy atom. The van der Waals surface area contributed by atoms with Gasteiger partial charge < -0.3 is 9.84 Å². The molecule has 1 N–H and O–H groups in total. The highest BCUT2D eigenvalue weighted by molar-refractivity contribution is 4.65. The topological polar surface area (TPSA) is 32.7 Å². The van der Waals surface area contributed by atoms with Crippen molar-refractivity contribution in [1.29, 1.82) is 0 Å². The van der Waals surface area contributed by atoms with Gasteiger partial charge in [0.25, 0.3) is 0 Å². The van der Waals surface area contributed by atoms with Crippen molar-refractivity contribution in [3.8, 4) is 0 Å². The number of aliphatic hydroxyl groups excluding tert-OH is 1. The number of morpholine rings is 1. The van der Waals surface area contributed by atoms with Gasteiger partial charge in [-0.15, -0.1) is 0 Å². The SMILES string of the molecule is CC[C@@H](CCO)CCN1CCOCC1. The lowest BCUT2D eigenvalue weighted by Gasteiger charge is -2.28. The molecule has 0 bridgehead atoms. The molecule has 0 spiro atoms. The van der Waals surface area contributed by atoms with Crippen LogP contribution in [0.25, 0.3) is 0 Å². The van der Waals surface area contributed by atoms with Gasteiger partial charge in [0.15, 0.2) is 0 Å². The van der Waals surface area contributed by atoms with Gasteiger partial charge in [0.2, 0.25) is 0 Å². The first-order valence-corrected chi connectivity index (χ1v) is 5.77. The molecule has 3 heteroatoms. The minimum Gasteiger partial charge on any atom is -0.396 e. The molecule has 1 aliphatic heterocycles. The maximum atomic E-state index is 8.87. The zero-order valence-electron chi connectivity index (χ0n) is 9.24. The molecular formula is C11H23NO2. The van der Waals surface area contributed by atoms with Crippen LogP contribution in [0.15, 0.2) is 0 Å². The minimum atomic E-state index is 0.335. The molecule has 0 saturated carbocycles. The van der Waals surface area contributed by atoms with E-state index in [2.05, 4.69) is 11.8 Å². The van der Waals surface area contributed by atoms with Gasteiger partial charge in [-0.05, 0) is 25.3 Å². The predicted octanol–water partition coefficient (Wildman–Crippen LogP) is 1.12.